The quantitative estimate of drug-likeness (QED) is 0.759. The molecule has 0 bridgehead atoms. The van der Waals surface area contributed by atoms with Crippen LogP contribution in [0.15, 0.2) is 24.3 Å². The van der Waals surface area contributed by atoms with E-state index in [0.29, 0.717) is 10.9 Å². The lowest BCUT2D eigenvalue weighted by molar-refractivity contribution is -0.141. The van der Waals surface area contributed by atoms with E-state index in [9.17, 15) is 18.0 Å². The number of hydrogen-bond donors (Lipinski definition) is 0. The molecule has 1 aromatic heterocycles. The first kappa shape index (κ1) is 11.6. The summed E-state index contributed by atoms with van der Waals surface area (Å²) in [4.78, 5) is 11.3. The van der Waals surface area contributed by atoms with Crippen molar-refractivity contribution >= 4 is 16.7 Å². The van der Waals surface area contributed by atoms with Crippen molar-refractivity contribution in [2.75, 3.05) is 0 Å². The Hall–Kier alpha value is -1.85. The highest BCUT2D eigenvalue weighted by Crippen LogP contribution is 2.23. The highest BCUT2D eigenvalue weighted by Gasteiger charge is 2.30. The van der Waals surface area contributed by atoms with E-state index in [-0.39, 0.29) is 11.5 Å². The first-order valence-electron chi connectivity index (χ1n) is 4.92. The van der Waals surface area contributed by atoms with E-state index in [4.69, 9.17) is 0 Å². The van der Waals surface area contributed by atoms with Gasteiger partial charge in [-0.05, 0) is 6.07 Å². The van der Waals surface area contributed by atoms with Crippen LogP contribution >= 0.6 is 0 Å². The maximum atomic E-state index is 12.3. The standard InChI is InChI=1S/C11H9F3N2O/c1-7(17)10-8-4-2-3-5-9(8)16(15-10)6-11(12,13)14/h2-5H,6H2,1H3. The van der Waals surface area contributed by atoms with E-state index in [2.05, 4.69) is 5.10 Å². The number of Topliss-reactive ketones (excluding diaryl/α,β-unsaturated/α-hetero) is 1. The van der Waals surface area contributed by atoms with Crippen molar-refractivity contribution in [1.29, 1.82) is 0 Å². The minimum atomic E-state index is -4.36. The van der Waals surface area contributed by atoms with Gasteiger partial charge < -0.3 is 0 Å². The van der Waals surface area contributed by atoms with Crippen LogP contribution in [0.5, 0.6) is 0 Å². The van der Waals surface area contributed by atoms with Gasteiger partial charge in [0.25, 0.3) is 0 Å². The van der Waals surface area contributed by atoms with Crippen LogP contribution in [0.2, 0.25) is 0 Å². The predicted molar refractivity (Wildman–Crippen MR) is 55.8 cm³/mol. The maximum absolute atomic E-state index is 12.3. The Labute approximate surface area is 94.8 Å². The maximum Gasteiger partial charge on any atom is 0.408 e. The zero-order valence-corrected chi connectivity index (χ0v) is 8.95. The molecule has 0 aliphatic rings. The van der Waals surface area contributed by atoms with Gasteiger partial charge >= 0.3 is 6.18 Å². The predicted octanol–water partition coefficient (Wildman–Crippen LogP) is 2.80. The molecule has 0 saturated carbocycles. The second kappa shape index (κ2) is 3.87. The van der Waals surface area contributed by atoms with Crippen LogP contribution in [0.1, 0.15) is 17.4 Å². The molecular weight excluding hydrogens is 233 g/mol. The Morgan fingerprint density at radius 3 is 2.59 bits per heavy atom. The molecule has 17 heavy (non-hydrogen) atoms. The van der Waals surface area contributed by atoms with E-state index in [0.717, 1.165) is 4.68 Å². The van der Waals surface area contributed by atoms with Gasteiger partial charge in [0.05, 0.1) is 5.52 Å². The number of carbonyl (C=O) groups excluding carboxylic acids is 1. The summed E-state index contributed by atoms with van der Waals surface area (Å²) < 4.78 is 37.8. The Kier molecular flexibility index (Phi) is 2.65. The lowest BCUT2D eigenvalue weighted by Gasteiger charge is -2.06. The highest BCUT2D eigenvalue weighted by atomic mass is 19.4. The van der Waals surface area contributed by atoms with Crippen molar-refractivity contribution in [2.24, 2.45) is 0 Å². The zero-order valence-electron chi connectivity index (χ0n) is 8.95. The number of benzene rings is 1. The summed E-state index contributed by atoms with van der Waals surface area (Å²) in [5.41, 5.74) is 0.389. The molecule has 6 heteroatoms. The van der Waals surface area contributed by atoms with Gasteiger partial charge in [0.15, 0.2) is 5.78 Å². The molecule has 0 aliphatic carbocycles. The fraction of sp³-hybridized carbons (Fsp3) is 0.273. The first-order chi connectivity index (χ1) is 7.88. The van der Waals surface area contributed by atoms with Crippen LogP contribution in [-0.2, 0) is 6.54 Å². The molecule has 1 heterocycles. The van der Waals surface area contributed by atoms with Crippen molar-refractivity contribution in [1.82, 2.24) is 9.78 Å². The van der Waals surface area contributed by atoms with Gasteiger partial charge in [-0.2, -0.15) is 18.3 Å². The largest absolute Gasteiger partial charge is 0.408 e. The number of carbonyl (C=O) groups is 1. The summed E-state index contributed by atoms with van der Waals surface area (Å²) in [6.07, 6.45) is -4.36. The van der Waals surface area contributed by atoms with E-state index < -0.39 is 12.7 Å². The van der Waals surface area contributed by atoms with Crippen LogP contribution in [-0.4, -0.2) is 21.7 Å². The van der Waals surface area contributed by atoms with Crippen molar-refractivity contribution in [3.8, 4) is 0 Å². The molecule has 0 saturated heterocycles. The van der Waals surface area contributed by atoms with E-state index in [1.54, 1.807) is 18.2 Å². The van der Waals surface area contributed by atoms with Gasteiger partial charge in [0.1, 0.15) is 12.2 Å². The van der Waals surface area contributed by atoms with E-state index in [1.807, 2.05) is 0 Å². The minimum absolute atomic E-state index is 0.0739. The van der Waals surface area contributed by atoms with Gasteiger partial charge in [0.2, 0.25) is 0 Å². The van der Waals surface area contributed by atoms with Crippen molar-refractivity contribution in [3.05, 3.63) is 30.0 Å². The van der Waals surface area contributed by atoms with Crippen molar-refractivity contribution in [2.45, 2.75) is 19.6 Å². The van der Waals surface area contributed by atoms with Crippen molar-refractivity contribution < 1.29 is 18.0 Å². The number of alkyl halides is 3. The fourth-order valence-electron chi connectivity index (χ4n) is 1.68. The summed E-state index contributed by atoms with van der Waals surface area (Å²) in [7, 11) is 0. The topological polar surface area (TPSA) is 34.9 Å². The smallest absolute Gasteiger partial charge is 0.293 e. The molecule has 3 nitrogen and oxygen atoms in total. The van der Waals surface area contributed by atoms with Crippen LogP contribution in [0.25, 0.3) is 10.9 Å². The van der Waals surface area contributed by atoms with Crippen LogP contribution in [0.3, 0.4) is 0 Å². The monoisotopic (exact) mass is 242 g/mol. The Morgan fingerprint density at radius 1 is 1.35 bits per heavy atom. The lowest BCUT2D eigenvalue weighted by atomic mass is 10.2. The zero-order chi connectivity index (χ0) is 12.6. The molecular formula is C11H9F3N2O. The average molecular weight is 242 g/mol. The molecule has 0 radical (unpaired) electrons. The second-order valence-electron chi connectivity index (χ2n) is 3.69. The number of aromatic nitrogens is 2. The molecule has 2 aromatic rings. The molecule has 0 spiro atoms. The van der Waals surface area contributed by atoms with Gasteiger partial charge in [-0.3, -0.25) is 9.48 Å². The Morgan fingerprint density at radius 2 is 2.00 bits per heavy atom. The molecule has 0 aliphatic heterocycles. The lowest BCUT2D eigenvalue weighted by Crippen LogP contribution is -2.18. The highest BCUT2D eigenvalue weighted by molar-refractivity contribution is 6.04. The number of hydrogen-bond acceptors (Lipinski definition) is 2. The minimum Gasteiger partial charge on any atom is -0.293 e. The molecule has 0 atom stereocenters. The third-order valence-corrected chi connectivity index (χ3v) is 2.32. The number of nitrogens with zero attached hydrogens (tertiary/aromatic N) is 2. The fourth-order valence-corrected chi connectivity index (χ4v) is 1.68. The normalized spacial score (nSPS) is 12.0. The summed E-state index contributed by atoms with van der Waals surface area (Å²) in [5.74, 6) is -0.345. The molecule has 0 fully saturated rings. The van der Waals surface area contributed by atoms with E-state index >= 15 is 0 Å². The Bertz CT molecular complexity index is 572. The summed E-state index contributed by atoms with van der Waals surface area (Å²) in [6, 6.07) is 6.38. The van der Waals surface area contributed by atoms with Crippen LogP contribution in [0.4, 0.5) is 13.2 Å². The number of para-hydroxylation sites is 1. The summed E-state index contributed by atoms with van der Waals surface area (Å²) >= 11 is 0. The van der Waals surface area contributed by atoms with Gasteiger partial charge in [0, 0.05) is 12.3 Å². The third-order valence-electron chi connectivity index (χ3n) is 2.32. The number of rotatable bonds is 2. The summed E-state index contributed by atoms with van der Waals surface area (Å²) in [6.45, 7) is 0.0908. The average Bonchev–Trinajstić information content (AvgIpc) is 2.55. The van der Waals surface area contributed by atoms with Crippen LogP contribution in [0, 0.1) is 0 Å². The first-order valence-corrected chi connectivity index (χ1v) is 4.92. The van der Waals surface area contributed by atoms with E-state index in [1.165, 1.54) is 13.0 Å². The molecule has 1 aromatic carbocycles. The summed E-state index contributed by atoms with van der Waals surface area (Å²) in [5, 5.41) is 4.17. The molecule has 2 rings (SSSR count). The molecule has 0 unspecified atom stereocenters. The molecule has 90 valence electrons. The Balaban J connectivity index is 2.61. The van der Waals surface area contributed by atoms with Crippen LogP contribution < -0.4 is 0 Å². The third kappa shape index (κ3) is 2.30. The van der Waals surface area contributed by atoms with Crippen molar-refractivity contribution in [3.63, 3.8) is 0 Å². The van der Waals surface area contributed by atoms with Gasteiger partial charge in [-0.25, -0.2) is 0 Å². The molecule has 0 amide bonds. The van der Waals surface area contributed by atoms with Gasteiger partial charge in [-0.15, -0.1) is 0 Å². The second-order valence-corrected chi connectivity index (χ2v) is 3.69. The number of halogens is 3. The molecule has 0 N–H and O–H groups in total. The number of ketones is 1. The number of fused-ring (bicyclic) bond motifs is 1. The SMILES string of the molecule is CC(=O)c1nn(CC(F)(F)F)c2ccccc12. The van der Waals surface area contributed by atoms with Gasteiger partial charge in [-0.1, -0.05) is 18.2 Å².